The largest absolute Gasteiger partial charge is 0.326 e. The zero-order valence-corrected chi connectivity index (χ0v) is 13.3. The van der Waals surface area contributed by atoms with E-state index in [4.69, 9.17) is 23.2 Å². The van der Waals surface area contributed by atoms with E-state index >= 15 is 0 Å². The molecule has 1 fully saturated rings. The molecule has 1 saturated heterocycles. The maximum Gasteiger partial charge on any atom is 0.320 e. The molecule has 0 aliphatic carbocycles. The average molecular weight is 305 g/mol. The first-order valence-corrected chi connectivity index (χ1v) is 7.41. The first kappa shape index (κ1) is 16.4. The van der Waals surface area contributed by atoms with Crippen molar-refractivity contribution in [2.75, 3.05) is 20.1 Å². The first-order valence-electron chi connectivity index (χ1n) is 6.54. The normalized spacial score (nSPS) is 22.7. The van der Waals surface area contributed by atoms with E-state index in [9.17, 15) is 4.79 Å². The lowest BCUT2D eigenvalue weighted by Gasteiger charge is -2.20. The van der Waals surface area contributed by atoms with Crippen LogP contribution in [-0.4, -0.2) is 47.4 Å². The second kappa shape index (κ2) is 7.81. The zero-order chi connectivity index (χ0) is 14.4. The van der Waals surface area contributed by atoms with Gasteiger partial charge in [-0.15, -0.1) is 11.6 Å². The van der Waals surface area contributed by atoms with Gasteiger partial charge in [0.1, 0.15) is 0 Å². The Morgan fingerprint density at radius 2 is 2.26 bits per heavy atom. The van der Waals surface area contributed by atoms with E-state index in [-0.39, 0.29) is 17.5 Å². The minimum Gasteiger partial charge on any atom is -0.326 e. The molecule has 0 spiro atoms. The van der Waals surface area contributed by atoms with Crippen molar-refractivity contribution in [3.05, 3.63) is 23.3 Å². The molecule has 108 valence electrons. The third kappa shape index (κ3) is 5.07. The highest BCUT2D eigenvalue weighted by Gasteiger charge is 2.31. The number of hydrogen-bond donors (Lipinski definition) is 0. The van der Waals surface area contributed by atoms with Gasteiger partial charge in [-0.3, -0.25) is 0 Å². The van der Waals surface area contributed by atoms with Gasteiger partial charge in [-0.1, -0.05) is 29.3 Å². The Hall–Kier alpha value is -0.670. The predicted octanol–water partition coefficient (Wildman–Crippen LogP) is 3.83. The van der Waals surface area contributed by atoms with Crippen molar-refractivity contribution in [3.8, 4) is 0 Å². The number of halogens is 2. The molecular weight excluding hydrogens is 283 g/mol. The lowest BCUT2D eigenvalue weighted by Crippen LogP contribution is -2.34. The van der Waals surface area contributed by atoms with Crippen molar-refractivity contribution >= 4 is 29.2 Å². The molecule has 2 unspecified atom stereocenters. The average Bonchev–Trinajstić information content (AvgIpc) is 2.56. The molecule has 0 aromatic carbocycles. The van der Waals surface area contributed by atoms with Gasteiger partial charge in [0, 0.05) is 31.7 Å². The zero-order valence-electron chi connectivity index (χ0n) is 11.8. The van der Waals surface area contributed by atoms with Gasteiger partial charge in [-0.05, 0) is 26.7 Å². The van der Waals surface area contributed by atoms with Crippen LogP contribution < -0.4 is 0 Å². The highest BCUT2D eigenvalue weighted by Crippen LogP contribution is 2.16. The van der Waals surface area contributed by atoms with E-state index < -0.39 is 0 Å². The Kier molecular flexibility index (Phi) is 6.73. The van der Waals surface area contributed by atoms with Crippen molar-refractivity contribution < 1.29 is 4.79 Å². The number of hydrogen-bond acceptors (Lipinski definition) is 1. The summed E-state index contributed by atoms with van der Waals surface area (Å²) in [7, 11) is 1.84. The van der Waals surface area contributed by atoms with Gasteiger partial charge >= 0.3 is 6.03 Å². The molecule has 2 amide bonds. The molecule has 0 bridgehead atoms. The summed E-state index contributed by atoms with van der Waals surface area (Å²) in [5, 5.41) is -0.0278. The third-order valence-corrected chi connectivity index (χ3v) is 3.79. The van der Waals surface area contributed by atoms with Crippen LogP contribution in [0.15, 0.2) is 23.3 Å². The van der Waals surface area contributed by atoms with Gasteiger partial charge < -0.3 is 9.80 Å². The van der Waals surface area contributed by atoms with Crippen molar-refractivity contribution in [1.29, 1.82) is 0 Å². The summed E-state index contributed by atoms with van der Waals surface area (Å²) in [4.78, 5) is 15.6. The smallest absolute Gasteiger partial charge is 0.320 e. The van der Waals surface area contributed by atoms with Crippen LogP contribution in [0.4, 0.5) is 4.79 Å². The van der Waals surface area contributed by atoms with Crippen molar-refractivity contribution in [3.63, 3.8) is 0 Å². The molecule has 0 N–H and O–H groups in total. The number of amides is 2. The Balaban J connectivity index is 2.42. The second-order valence-electron chi connectivity index (χ2n) is 5.10. The topological polar surface area (TPSA) is 23.6 Å². The molecule has 1 aliphatic rings. The number of rotatable bonds is 6. The minimum atomic E-state index is -0.0278. The quantitative estimate of drug-likeness (QED) is 0.540. The van der Waals surface area contributed by atoms with Crippen molar-refractivity contribution in [2.24, 2.45) is 0 Å². The molecular formula is C14H22Cl2N2O. The van der Waals surface area contributed by atoms with Gasteiger partial charge in [-0.25, -0.2) is 4.79 Å². The summed E-state index contributed by atoms with van der Waals surface area (Å²) in [6, 6.07) is 0.390. The summed E-state index contributed by atoms with van der Waals surface area (Å²) in [6.45, 7) is 5.63. The van der Waals surface area contributed by atoms with Crippen LogP contribution in [-0.2, 0) is 0 Å². The van der Waals surface area contributed by atoms with Crippen LogP contribution in [0.3, 0.4) is 0 Å². The standard InChI is InChI=1S/C14H22Cl2N2O/c1-11(5-4-6-13(16)7-8-15)9-18-12(2)10-17(3)14(18)19/h5,7-8,12-13H,4,6,9-10H2,1-3H3/b8-7+,11-5+. The summed E-state index contributed by atoms with van der Waals surface area (Å²) < 4.78 is 0. The number of allylic oxidation sites excluding steroid dienone is 2. The number of carbonyl (C=O) groups excluding carboxylic acids is 1. The van der Waals surface area contributed by atoms with Crippen LogP contribution in [0.5, 0.6) is 0 Å². The molecule has 2 atom stereocenters. The molecule has 0 aromatic heterocycles. The third-order valence-electron chi connectivity index (χ3n) is 3.28. The molecule has 0 aromatic rings. The number of alkyl halides is 1. The Morgan fingerprint density at radius 3 is 2.79 bits per heavy atom. The van der Waals surface area contributed by atoms with E-state index in [1.807, 2.05) is 11.9 Å². The summed E-state index contributed by atoms with van der Waals surface area (Å²) in [6.07, 6.45) is 5.67. The van der Waals surface area contributed by atoms with Crippen LogP contribution in [0.2, 0.25) is 0 Å². The molecule has 3 nitrogen and oxygen atoms in total. The fourth-order valence-electron chi connectivity index (χ4n) is 2.20. The summed E-state index contributed by atoms with van der Waals surface area (Å²) >= 11 is 11.5. The minimum absolute atomic E-state index is 0.0278. The monoisotopic (exact) mass is 304 g/mol. The fourth-order valence-corrected chi connectivity index (χ4v) is 2.65. The maximum absolute atomic E-state index is 11.9. The Morgan fingerprint density at radius 1 is 1.58 bits per heavy atom. The SMILES string of the molecule is C/C(=C\CCC(Cl)/C=C/Cl)CN1C(=O)N(C)CC1C. The van der Waals surface area contributed by atoms with E-state index in [1.165, 1.54) is 11.1 Å². The van der Waals surface area contributed by atoms with Crippen LogP contribution in [0, 0.1) is 0 Å². The van der Waals surface area contributed by atoms with Gasteiger partial charge in [-0.2, -0.15) is 0 Å². The molecule has 0 radical (unpaired) electrons. The molecule has 19 heavy (non-hydrogen) atoms. The van der Waals surface area contributed by atoms with E-state index in [0.717, 1.165) is 19.4 Å². The van der Waals surface area contributed by atoms with Crippen LogP contribution in [0.25, 0.3) is 0 Å². The Bertz CT molecular complexity index is 368. The molecule has 5 heteroatoms. The lowest BCUT2D eigenvalue weighted by molar-refractivity contribution is 0.196. The van der Waals surface area contributed by atoms with Gasteiger partial charge in [0.05, 0.1) is 5.38 Å². The number of carbonyl (C=O) groups is 1. The first-order chi connectivity index (χ1) is 8.95. The van der Waals surface area contributed by atoms with Gasteiger partial charge in [0.25, 0.3) is 0 Å². The number of urea groups is 1. The summed E-state index contributed by atoms with van der Waals surface area (Å²) in [5.41, 5.74) is 2.66. The number of likely N-dealkylation sites (N-methyl/N-ethyl adjacent to an activating group) is 1. The fraction of sp³-hybridized carbons (Fsp3) is 0.643. The number of nitrogens with zero attached hydrogens (tertiary/aromatic N) is 2. The second-order valence-corrected chi connectivity index (χ2v) is 5.91. The van der Waals surface area contributed by atoms with Gasteiger partial charge in [0.15, 0.2) is 0 Å². The van der Waals surface area contributed by atoms with Crippen molar-refractivity contribution in [1.82, 2.24) is 9.80 Å². The molecule has 0 saturated carbocycles. The summed E-state index contributed by atoms with van der Waals surface area (Å²) in [5.74, 6) is 0. The van der Waals surface area contributed by atoms with Crippen LogP contribution >= 0.6 is 23.2 Å². The van der Waals surface area contributed by atoms with Crippen molar-refractivity contribution in [2.45, 2.75) is 38.1 Å². The molecule has 1 heterocycles. The Labute approximate surface area is 125 Å². The van der Waals surface area contributed by atoms with E-state index in [0.29, 0.717) is 6.54 Å². The highest BCUT2D eigenvalue weighted by atomic mass is 35.5. The maximum atomic E-state index is 11.9. The van der Waals surface area contributed by atoms with E-state index in [1.54, 1.807) is 11.0 Å². The predicted molar refractivity (Wildman–Crippen MR) is 81.8 cm³/mol. The van der Waals surface area contributed by atoms with Gasteiger partial charge in [0.2, 0.25) is 0 Å². The van der Waals surface area contributed by atoms with E-state index in [2.05, 4.69) is 19.9 Å². The molecule has 1 rings (SSSR count). The molecule has 1 aliphatic heterocycles. The van der Waals surface area contributed by atoms with Crippen LogP contribution in [0.1, 0.15) is 26.7 Å². The lowest BCUT2D eigenvalue weighted by atomic mass is 10.1. The highest BCUT2D eigenvalue weighted by molar-refractivity contribution is 6.27.